The fourth-order valence-corrected chi connectivity index (χ4v) is 4.53. The number of non-ortho nitro benzene ring substituents is 1. The van der Waals surface area contributed by atoms with E-state index < -0.39 is 4.92 Å². The first-order valence-electron chi connectivity index (χ1n) is 10.3. The van der Waals surface area contributed by atoms with Gasteiger partial charge in [-0.15, -0.1) is 11.3 Å². The maximum atomic E-state index is 11.2. The summed E-state index contributed by atoms with van der Waals surface area (Å²) in [6.07, 6.45) is 1.50. The summed E-state index contributed by atoms with van der Waals surface area (Å²) in [4.78, 5) is 20.4. The second-order valence-electron chi connectivity index (χ2n) is 7.42. The van der Waals surface area contributed by atoms with Crippen molar-refractivity contribution in [2.24, 2.45) is 0 Å². The van der Waals surface area contributed by atoms with Gasteiger partial charge in [0.05, 0.1) is 10.3 Å². The van der Waals surface area contributed by atoms with Gasteiger partial charge in [-0.2, -0.15) is 0 Å². The minimum atomic E-state index is -0.399. The number of benzene rings is 3. The molecule has 0 fully saturated rings. The zero-order chi connectivity index (χ0) is 23.5. The molecule has 0 radical (unpaired) electrons. The number of hydrogen-bond acceptors (Lipinski definition) is 7. The zero-order valence-corrected chi connectivity index (χ0v) is 19.2. The molecule has 5 aromatic rings. The minimum Gasteiger partial charge on any atom is -0.489 e. The third-order valence-corrected chi connectivity index (χ3v) is 6.31. The van der Waals surface area contributed by atoms with Crippen molar-refractivity contribution in [2.75, 3.05) is 5.32 Å². The molecule has 3 aromatic carbocycles. The third-order valence-electron chi connectivity index (χ3n) is 5.17. The van der Waals surface area contributed by atoms with Crippen molar-refractivity contribution in [1.29, 1.82) is 0 Å². The van der Waals surface area contributed by atoms with Crippen molar-refractivity contribution in [3.63, 3.8) is 0 Å². The Morgan fingerprint density at radius 3 is 2.59 bits per heavy atom. The lowest BCUT2D eigenvalue weighted by atomic mass is 10.1. The van der Waals surface area contributed by atoms with E-state index in [1.165, 1.54) is 23.7 Å². The molecule has 9 heteroatoms. The lowest BCUT2D eigenvalue weighted by Crippen LogP contribution is -1.97. The van der Waals surface area contributed by atoms with E-state index in [1.807, 2.05) is 60.0 Å². The molecule has 0 saturated carbocycles. The smallest absolute Gasteiger partial charge is 0.270 e. The van der Waals surface area contributed by atoms with Gasteiger partial charge in [0.1, 0.15) is 29.3 Å². The van der Waals surface area contributed by atoms with E-state index in [4.69, 9.17) is 16.3 Å². The number of nitro groups is 1. The van der Waals surface area contributed by atoms with Crippen molar-refractivity contribution in [3.05, 3.63) is 105 Å². The lowest BCUT2D eigenvalue weighted by molar-refractivity contribution is -0.384. The van der Waals surface area contributed by atoms with Crippen molar-refractivity contribution in [2.45, 2.75) is 6.61 Å². The number of ether oxygens (including phenoxy) is 1. The Morgan fingerprint density at radius 2 is 1.82 bits per heavy atom. The molecule has 0 unspecified atom stereocenters. The first-order chi connectivity index (χ1) is 16.6. The average molecular weight is 489 g/mol. The number of hydrogen-bond donors (Lipinski definition) is 1. The monoisotopic (exact) mass is 488 g/mol. The normalized spacial score (nSPS) is 10.9. The SMILES string of the molecule is O=[N+]([O-])c1cccc(-c2csc3ncnc(Nc4ccc(OCc5ccc(Cl)cc5)cc4)c23)c1. The fraction of sp³-hybridized carbons (Fsp3) is 0.0400. The Bertz CT molecular complexity index is 1470. The number of halogens is 1. The molecule has 0 bridgehead atoms. The van der Waals surface area contributed by atoms with Crippen LogP contribution >= 0.6 is 22.9 Å². The molecule has 2 aromatic heterocycles. The van der Waals surface area contributed by atoms with Crippen LogP contribution in [0.15, 0.2) is 84.5 Å². The predicted octanol–water partition coefficient (Wildman–Crippen LogP) is 7.24. The zero-order valence-electron chi connectivity index (χ0n) is 17.6. The first kappa shape index (κ1) is 21.8. The first-order valence-corrected chi connectivity index (χ1v) is 11.5. The molecule has 168 valence electrons. The van der Waals surface area contributed by atoms with Crippen LogP contribution in [0, 0.1) is 10.1 Å². The molecule has 34 heavy (non-hydrogen) atoms. The van der Waals surface area contributed by atoms with Crippen LogP contribution in [-0.2, 0) is 6.61 Å². The number of fused-ring (bicyclic) bond motifs is 1. The minimum absolute atomic E-state index is 0.0393. The fourth-order valence-electron chi connectivity index (χ4n) is 3.49. The van der Waals surface area contributed by atoms with Gasteiger partial charge in [0.25, 0.3) is 5.69 Å². The Morgan fingerprint density at radius 1 is 1.03 bits per heavy atom. The van der Waals surface area contributed by atoms with Crippen LogP contribution in [0.25, 0.3) is 21.3 Å². The van der Waals surface area contributed by atoms with Gasteiger partial charge in [0.2, 0.25) is 0 Å². The quantitative estimate of drug-likeness (QED) is 0.192. The number of anilines is 2. The largest absolute Gasteiger partial charge is 0.489 e. The molecular formula is C25H17ClN4O3S. The van der Waals surface area contributed by atoms with E-state index in [0.29, 0.717) is 17.4 Å². The molecule has 0 amide bonds. The maximum absolute atomic E-state index is 11.2. The highest BCUT2D eigenvalue weighted by atomic mass is 35.5. The van der Waals surface area contributed by atoms with Crippen molar-refractivity contribution < 1.29 is 9.66 Å². The third kappa shape index (κ3) is 4.68. The molecular weight excluding hydrogens is 472 g/mol. The molecule has 0 aliphatic heterocycles. The molecule has 7 nitrogen and oxygen atoms in total. The summed E-state index contributed by atoms with van der Waals surface area (Å²) in [5, 5.41) is 18.0. The Labute approximate surface area is 203 Å². The van der Waals surface area contributed by atoms with E-state index in [0.717, 1.165) is 38.3 Å². The summed E-state index contributed by atoms with van der Waals surface area (Å²) in [7, 11) is 0. The highest BCUT2D eigenvalue weighted by Gasteiger charge is 2.15. The molecule has 0 atom stereocenters. The van der Waals surface area contributed by atoms with Gasteiger partial charge in [-0.05, 0) is 47.5 Å². The van der Waals surface area contributed by atoms with E-state index >= 15 is 0 Å². The van der Waals surface area contributed by atoms with Crippen LogP contribution in [-0.4, -0.2) is 14.9 Å². The van der Waals surface area contributed by atoms with Gasteiger partial charge in [-0.25, -0.2) is 9.97 Å². The second kappa shape index (κ2) is 9.46. The summed E-state index contributed by atoms with van der Waals surface area (Å²) in [5.74, 6) is 1.36. The van der Waals surface area contributed by atoms with Crippen molar-refractivity contribution in [1.82, 2.24) is 9.97 Å². The topological polar surface area (TPSA) is 90.2 Å². The van der Waals surface area contributed by atoms with Gasteiger partial charge in [-0.1, -0.05) is 35.9 Å². The van der Waals surface area contributed by atoms with Crippen molar-refractivity contribution in [3.8, 4) is 16.9 Å². The number of rotatable bonds is 7. The van der Waals surface area contributed by atoms with Crippen LogP contribution in [0.5, 0.6) is 5.75 Å². The molecule has 5 rings (SSSR count). The van der Waals surface area contributed by atoms with E-state index in [2.05, 4.69) is 15.3 Å². The number of nitrogens with zero attached hydrogens (tertiary/aromatic N) is 3. The molecule has 0 aliphatic rings. The molecule has 1 N–H and O–H groups in total. The number of thiophene rings is 1. The van der Waals surface area contributed by atoms with Crippen LogP contribution in [0.4, 0.5) is 17.2 Å². The summed E-state index contributed by atoms with van der Waals surface area (Å²) >= 11 is 7.39. The predicted molar refractivity (Wildman–Crippen MR) is 135 cm³/mol. The standard InChI is InChI=1S/C25H17ClN4O3S/c26-18-6-4-16(5-7-18)13-33-21-10-8-19(9-11-21)29-24-23-22(14-34-25(23)28-15-27-24)17-2-1-3-20(12-17)30(31)32/h1-12,14-15H,13H2,(H,27,28,29). The van der Waals surface area contributed by atoms with E-state index in [9.17, 15) is 10.1 Å². The lowest BCUT2D eigenvalue weighted by Gasteiger charge is -2.10. The Balaban J connectivity index is 1.38. The van der Waals surface area contributed by atoms with E-state index in [1.54, 1.807) is 12.1 Å². The van der Waals surface area contributed by atoms with E-state index in [-0.39, 0.29) is 5.69 Å². The van der Waals surface area contributed by atoms with Gasteiger partial charge in [0.15, 0.2) is 0 Å². The Kier molecular flexibility index (Phi) is 6.07. The van der Waals surface area contributed by atoms with Gasteiger partial charge in [-0.3, -0.25) is 10.1 Å². The highest BCUT2D eigenvalue weighted by molar-refractivity contribution is 7.17. The maximum Gasteiger partial charge on any atom is 0.270 e. The van der Waals surface area contributed by atoms with Crippen LogP contribution in [0.3, 0.4) is 0 Å². The van der Waals surface area contributed by atoms with Gasteiger partial charge >= 0.3 is 0 Å². The summed E-state index contributed by atoms with van der Waals surface area (Å²) in [6, 6.07) is 21.7. The summed E-state index contributed by atoms with van der Waals surface area (Å²) in [5.41, 5.74) is 3.48. The second-order valence-corrected chi connectivity index (χ2v) is 8.72. The number of aromatic nitrogens is 2. The molecule has 0 spiro atoms. The molecule has 2 heterocycles. The highest BCUT2D eigenvalue weighted by Crippen LogP contribution is 2.38. The molecule has 0 saturated heterocycles. The van der Waals surface area contributed by atoms with Gasteiger partial charge in [0, 0.05) is 33.8 Å². The molecule has 0 aliphatic carbocycles. The van der Waals surface area contributed by atoms with Crippen LogP contribution in [0.2, 0.25) is 5.02 Å². The summed E-state index contributed by atoms with van der Waals surface area (Å²) in [6.45, 7) is 0.442. The van der Waals surface area contributed by atoms with Crippen LogP contribution in [0.1, 0.15) is 5.56 Å². The number of nitrogens with one attached hydrogen (secondary N) is 1. The van der Waals surface area contributed by atoms with Crippen molar-refractivity contribution >= 4 is 50.3 Å². The van der Waals surface area contributed by atoms with Crippen LogP contribution < -0.4 is 10.1 Å². The average Bonchev–Trinajstić information content (AvgIpc) is 3.30. The van der Waals surface area contributed by atoms with Gasteiger partial charge < -0.3 is 10.1 Å². The summed E-state index contributed by atoms with van der Waals surface area (Å²) < 4.78 is 5.85. The Hall–Kier alpha value is -4.01. The number of nitro benzene ring substituents is 1.